The molecule has 6 nitrogen and oxygen atoms in total. The Morgan fingerprint density at radius 3 is 2.62 bits per heavy atom. The number of benzene rings is 1. The smallest absolute Gasteiger partial charge is 0.163 e. The lowest BCUT2D eigenvalue weighted by Gasteiger charge is -2.21. The molecule has 0 aliphatic rings. The van der Waals surface area contributed by atoms with Crippen LogP contribution in [0.5, 0.6) is 0 Å². The topological polar surface area (TPSA) is 81.7 Å². The second-order valence-electron chi connectivity index (χ2n) is 6.57. The molecule has 126 valence electrons. The van der Waals surface area contributed by atoms with Crippen LogP contribution in [0.2, 0.25) is 0 Å². The van der Waals surface area contributed by atoms with Gasteiger partial charge in [-0.1, -0.05) is 13.8 Å². The molecule has 24 heavy (non-hydrogen) atoms. The number of rotatable bonds is 5. The molecule has 0 fully saturated rings. The van der Waals surface area contributed by atoms with Crippen molar-refractivity contribution < 1.29 is 0 Å². The van der Waals surface area contributed by atoms with Crippen molar-refractivity contribution in [3.05, 3.63) is 41.9 Å². The standard InChI is InChI=1S/C18H24N6/c1-11(2)16(8-19)22-14-7-18(23-21-9-14)24-10-20-15-5-12(3)13(4)6-17(15)24/h5-7,9-11,16H,8,19H2,1-4H3,(H,22,23)/t16-/m1/s1. The Bertz CT molecular complexity index is 852. The third-order valence-corrected chi connectivity index (χ3v) is 4.46. The normalized spacial score (nSPS) is 12.8. The van der Waals surface area contributed by atoms with Crippen molar-refractivity contribution in [2.75, 3.05) is 11.9 Å². The minimum atomic E-state index is 0.200. The predicted octanol–water partition coefficient (Wildman–Crippen LogP) is 2.83. The van der Waals surface area contributed by atoms with Gasteiger partial charge in [0.15, 0.2) is 5.82 Å². The van der Waals surface area contributed by atoms with Crippen LogP contribution in [0.15, 0.2) is 30.7 Å². The van der Waals surface area contributed by atoms with Crippen LogP contribution in [-0.2, 0) is 0 Å². The highest BCUT2D eigenvalue weighted by molar-refractivity contribution is 5.79. The molecule has 0 saturated heterocycles. The van der Waals surface area contributed by atoms with Crippen molar-refractivity contribution in [1.82, 2.24) is 19.7 Å². The van der Waals surface area contributed by atoms with E-state index in [1.165, 1.54) is 11.1 Å². The Labute approximate surface area is 142 Å². The minimum Gasteiger partial charge on any atom is -0.379 e. The van der Waals surface area contributed by atoms with Gasteiger partial charge in [0.1, 0.15) is 6.33 Å². The van der Waals surface area contributed by atoms with Gasteiger partial charge in [-0.2, -0.15) is 5.10 Å². The molecular formula is C18H24N6. The van der Waals surface area contributed by atoms with E-state index >= 15 is 0 Å². The fraction of sp³-hybridized carbons (Fsp3) is 0.389. The first-order chi connectivity index (χ1) is 11.5. The quantitative estimate of drug-likeness (QED) is 0.754. The summed E-state index contributed by atoms with van der Waals surface area (Å²) in [5, 5.41) is 11.8. The van der Waals surface area contributed by atoms with Gasteiger partial charge in [-0.15, -0.1) is 5.10 Å². The summed E-state index contributed by atoms with van der Waals surface area (Å²) in [7, 11) is 0. The van der Waals surface area contributed by atoms with Crippen LogP contribution in [0.1, 0.15) is 25.0 Å². The Kier molecular flexibility index (Phi) is 4.49. The van der Waals surface area contributed by atoms with Crippen molar-refractivity contribution in [1.29, 1.82) is 0 Å². The number of aromatic nitrogens is 4. The molecule has 3 aromatic rings. The van der Waals surface area contributed by atoms with E-state index in [-0.39, 0.29) is 6.04 Å². The first-order valence-corrected chi connectivity index (χ1v) is 8.23. The van der Waals surface area contributed by atoms with Crippen LogP contribution in [0.3, 0.4) is 0 Å². The van der Waals surface area contributed by atoms with E-state index in [4.69, 9.17) is 5.73 Å². The first kappa shape index (κ1) is 16.4. The third-order valence-electron chi connectivity index (χ3n) is 4.46. The fourth-order valence-corrected chi connectivity index (χ4v) is 2.71. The lowest BCUT2D eigenvalue weighted by molar-refractivity contribution is 0.531. The molecule has 0 aliphatic heterocycles. The highest BCUT2D eigenvalue weighted by atomic mass is 15.2. The zero-order valence-corrected chi connectivity index (χ0v) is 14.6. The molecule has 2 aromatic heterocycles. The van der Waals surface area contributed by atoms with Gasteiger partial charge in [-0.25, -0.2) is 4.98 Å². The van der Waals surface area contributed by atoms with E-state index in [1.54, 1.807) is 12.5 Å². The van der Waals surface area contributed by atoms with Crippen molar-refractivity contribution in [2.45, 2.75) is 33.7 Å². The molecule has 0 saturated carbocycles. The largest absolute Gasteiger partial charge is 0.379 e. The van der Waals surface area contributed by atoms with Crippen LogP contribution in [0.25, 0.3) is 16.9 Å². The first-order valence-electron chi connectivity index (χ1n) is 8.23. The highest BCUT2D eigenvalue weighted by Gasteiger charge is 2.13. The molecule has 3 N–H and O–H groups in total. The Balaban J connectivity index is 1.99. The van der Waals surface area contributed by atoms with Gasteiger partial charge in [-0.3, -0.25) is 4.57 Å². The zero-order valence-electron chi connectivity index (χ0n) is 14.6. The van der Waals surface area contributed by atoms with Crippen molar-refractivity contribution in [2.24, 2.45) is 11.7 Å². The van der Waals surface area contributed by atoms with Crippen molar-refractivity contribution in [3.63, 3.8) is 0 Å². The maximum absolute atomic E-state index is 5.85. The van der Waals surface area contributed by atoms with E-state index in [0.29, 0.717) is 12.5 Å². The number of nitrogens with two attached hydrogens (primary N) is 1. The Hall–Kier alpha value is -2.47. The summed E-state index contributed by atoms with van der Waals surface area (Å²) in [6, 6.07) is 6.41. The summed E-state index contributed by atoms with van der Waals surface area (Å²) in [5.74, 6) is 1.18. The summed E-state index contributed by atoms with van der Waals surface area (Å²) < 4.78 is 1.97. The summed E-state index contributed by atoms with van der Waals surface area (Å²) in [6.07, 6.45) is 3.52. The number of aryl methyl sites for hydroxylation is 2. The minimum absolute atomic E-state index is 0.200. The zero-order chi connectivity index (χ0) is 17.3. The fourth-order valence-electron chi connectivity index (χ4n) is 2.71. The number of nitrogens with one attached hydrogen (secondary N) is 1. The molecule has 6 heteroatoms. The van der Waals surface area contributed by atoms with Gasteiger partial charge in [0.2, 0.25) is 0 Å². The number of fused-ring (bicyclic) bond motifs is 1. The summed E-state index contributed by atoms with van der Waals surface area (Å²) in [5.41, 5.74) is 11.2. The van der Waals surface area contributed by atoms with E-state index in [1.807, 2.05) is 10.6 Å². The number of hydrogen-bond acceptors (Lipinski definition) is 5. The van der Waals surface area contributed by atoms with Crippen LogP contribution in [0, 0.1) is 19.8 Å². The number of anilines is 1. The average Bonchev–Trinajstić information content (AvgIpc) is 2.95. The van der Waals surface area contributed by atoms with Crippen LogP contribution >= 0.6 is 0 Å². The van der Waals surface area contributed by atoms with E-state index in [2.05, 4.69) is 60.3 Å². The van der Waals surface area contributed by atoms with Crippen molar-refractivity contribution >= 4 is 16.7 Å². The van der Waals surface area contributed by atoms with E-state index in [9.17, 15) is 0 Å². The van der Waals surface area contributed by atoms with Crippen LogP contribution < -0.4 is 11.1 Å². The maximum atomic E-state index is 5.85. The molecule has 0 unspecified atom stereocenters. The predicted molar refractivity (Wildman–Crippen MR) is 97.4 cm³/mol. The molecule has 0 aliphatic carbocycles. The lowest BCUT2D eigenvalue weighted by Crippen LogP contribution is -2.33. The molecule has 0 spiro atoms. The summed E-state index contributed by atoms with van der Waals surface area (Å²) in [6.45, 7) is 9.06. The monoisotopic (exact) mass is 324 g/mol. The van der Waals surface area contributed by atoms with E-state index in [0.717, 1.165) is 22.5 Å². The molecular weight excluding hydrogens is 300 g/mol. The van der Waals surface area contributed by atoms with Gasteiger partial charge in [0, 0.05) is 18.7 Å². The summed E-state index contributed by atoms with van der Waals surface area (Å²) >= 11 is 0. The lowest BCUT2D eigenvalue weighted by atomic mass is 10.0. The van der Waals surface area contributed by atoms with Gasteiger partial charge >= 0.3 is 0 Å². The second kappa shape index (κ2) is 6.57. The average molecular weight is 324 g/mol. The number of hydrogen-bond donors (Lipinski definition) is 2. The van der Waals surface area contributed by atoms with Crippen LogP contribution in [-0.4, -0.2) is 32.3 Å². The van der Waals surface area contributed by atoms with Gasteiger partial charge in [-0.05, 0) is 43.0 Å². The summed E-state index contributed by atoms with van der Waals surface area (Å²) in [4.78, 5) is 4.49. The molecule has 0 radical (unpaired) electrons. The van der Waals surface area contributed by atoms with Crippen molar-refractivity contribution in [3.8, 4) is 5.82 Å². The van der Waals surface area contributed by atoms with E-state index < -0.39 is 0 Å². The van der Waals surface area contributed by atoms with Gasteiger partial charge in [0.05, 0.1) is 22.9 Å². The van der Waals surface area contributed by atoms with Crippen LogP contribution in [0.4, 0.5) is 5.69 Å². The molecule has 1 aromatic carbocycles. The second-order valence-corrected chi connectivity index (χ2v) is 6.57. The SMILES string of the molecule is Cc1cc2ncn(-c3cc(N[C@H](CN)C(C)C)cnn3)c2cc1C. The number of imidazole rings is 1. The van der Waals surface area contributed by atoms with Gasteiger partial charge < -0.3 is 11.1 Å². The Morgan fingerprint density at radius 2 is 1.92 bits per heavy atom. The maximum Gasteiger partial charge on any atom is 0.163 e. The molecule has 0 amide bonds. The molecule has 2 heterocycles. The molecule has 1 atom stereocenters. The highest BCUT2D eigenvalue weighted by Crippen LogP contribution is 2.22. The number of nitrogens with zero attached hydrogens (tertiary/aromatic N) is 4. The Morgan fingerprint density at radius 1 is 1.17 bits per heavy atom. The van der Waals surface area contributed by atoms with Gasteiger partial charge in [0.25, 0.3) is 0 Å². The molecule has 3 rings (SSSR count). The molecule has 0 bridgehead atoms. The third kappa shape index (κ3) is 3.10.